The van der Waals surface area contributed by atoms with Crippen LogP contribution in [0, 0.1) is 6.42 Å². The minimum Gasteiger partial charge on any atom is -0.0533 e. The molecule has 0 heterocycles. The van der Waals surface area contributed by atoms with Gasteiger partial charge in [0.15, 0.2) is 0 Å². The second-order valence-corrected chi connectivity index (χ2v) is 2.28. The van der Waals surface area contributed by atoms with Crippen LogP contribution in [0.1, 0.15) is 38.5 Å². The molecule has 1 rings (SSSR count). The van der Waals surface area contributed by atoms with Gasteiger partial charge in [-0.1, -0.05) is 38.5 Å². The number of hydrogen-bond acceptors (Lipinski definition) is 0. The van der Waals surface area contributed by atoms with E-state index in [0.29, 0.717) is 0 Å². The SMILES string of the molecule is [CH]1CCCCCC1. The number of rotatable bonds is 0. The van der Waals surface area contributed by atoms with E-state index >= 15 is 0 Å². The van der Waals surface area contributed by atoms with Crippen molar-refractivity contribution in [2.45, 2.75) is 38.5 Å². The van der Waals surface area contributed by atoms with E-state index in [9.17, 15) is 0 Å². The van der Waals surface area contributed by atoms with E-state index in [1.54, 1.807) is 0 Å². The molecule has 0 aromatic heterocycles. The average molecular weight is 97.2 g/mol. The zero-order valence-corrected chi connectivity index (χ0v) is 4.82. The zero-order valence-electron chi connectivity index (χ0n) is 4.82. The minimum absolute atomic E-state index is 1.38. The lowest BCUT2D eigenvalue weighted by Gasteiger charge is -1.85. The van der Waals surface area contributed by atoms with Gasteiger partial charge in [0, 0.05) is 0 Å². The summed E-state index contributed by atoms with van der Waals surface area (Å²) in [5.41, 5.74) is 0. The summed E-state index contributed by atoms with van der Waals surface area (Å²) in [5.74, 6) is 0. The fourth-order valence-electron chi connectivity index (χ4n) is 1.08. The van der Waals surface area contributed by atoms with Gasteiger partial charge in [0.1, 0.15) is 0 Å². The summed E-state index contributed by atoms with van der Waals surface area (Å²) >= 11 is 0. The minimum atomic E-state index is 1.38. The Kier molecular flexibility index (Phi) is 2.25. The molecule has 0 aromatic rings. The van der Waals surface area contributed by atoms with E-state index in [1.807, 2.05) is 0 Å². The Labute approximate surface area is 45.9 Å². The Bertz CT molecular complexity index is 19.7. The highest BCUT2D eigenvalue weighted by atomic mass is 14.0. The molecule has 41 valence electrons. The van der Waals surface area contributed by atoms with Gasteiger partial charge >= 0.3 is 0 Å². The maximum absolute atomic E-state index is 2.42. The molecule has 0 bridgehead atoms. The van der Waals surface area contributed by atoms with Crippen LogP contribution >= 0.6 is 0 Å². The molecule has 1 radical (unpaired) electrons. The van der Waals surface area contributed by atoms with Crippen LogP contribution in [0.25, 0.3) is 0 Å². The fourth-order valence-corrected chi connectivity index (χ4v) is 1.08. The van der Waals surface area contributed by atoms with Crippen molar-refractivity contribution in [2.75, 3.05) is 0 Å². The van der Waals surface area contributed by atoms with Crippen molar-refractivity contribution in [3.63, 3.8) is 0 Å². The summed E-state index contributed by atoms with van der Waals surface area (Å²) < 4.78 is 0. The summed E-state index contributed by atoms with van der Waals surface area (Å²) in [7, 11) is 0. The van der Waals surface area contributed by atoms with Crippen molar-refractivity contribution in [1.29, 1.82) is 0 Å². The van der Waals surface area contributed by atoms with Crippen LogP contribution in [-0.4, -0.2) is 0 Å². The summed E-state index contributed by atoms with van der Waals surface area (Å²) in [4.78, 5) is 0. The Morgan fingerprint density at radius 3 is 1.86 bits per heavy atom. The van der Waals surface area contributed by atoms with Crippen LogP contribution in [-0.2, 0) is 0 Å². The normalized spacial score (nSPS) is 24.0. The molecule has 7 heavy (non-hydrogen) atoms. The van der Waals surface area contributed by atoms with Gasteiger partial charge in [-0.15, -0.1) is 0 Å². The van der Waals surface area contributed by atoms with Gasteiger partial charge in [0.25, 0.3) is 0 Å². The first-order valence-electron chi connectivity index (χ1n) is 3.32. The molecular formula is C7H13. The molecule has 0 saturated heterocycles. The number of hydrogen-bond donors (Lipinski definition) is 0. The molecule has 0 N–H and O–H groups in total. The predicted octanol–water partition coefficient (Wildman–Crippen LogP) is 2.54. The predicted molar refractivity (Wildman–Crippen MR) is 32.0 cm³/mol. The Hall–Kier alpha value is 0. The average Bonchev–Trinajstić information content (AvgIpc) is 1.90. The standard InChI is InChI=1S/C7H13/c1-2-4-6-7-5-3-1/h1H,2-7H2. The molecule has 1 aliphatic rings. The topological polar surface area (TPSA) is 0 Å². The van der Waals surface area contributed by atoms with Gasteiger partial charge < -0.3 is 0 Å². The van der Waals surface area contributed by atoms with Crippen LogP contribution in [0.15, 0.2) is 0 Å². The lowest BCUT2D eigenvalue weighted by atomic mass is 10.2. The van der Waals surface area contributed by atoms with Crippen LogP contribution in [0.3, 0.4) is 0 Å². The van der Waals surface area contributed by atoms with Crippen molar-refractivity contribution in [3.05, 3.63) is 6.42 Å². The highest BCUT2D eigenvalue weighted by molar-refractivity contribution is 4.67. The third-order valence-corrected chi connectivity index (χ3v) is 1.57. The molecule has 0 nitrogen and oxygen atoms in total. The fraction of sp³-hybridized carbons (Fsp3) is 0.857. The Morgan fingerprint density at radius 2 is 1.29 bits per heavy atom. The van der Waals surface area contributed by atoms with Gasteiger partial charge in [-0.05, 0) is 6.42 Å². The van der Waals surface area contributed by atoms with Gasteiger partial charge in [0.05, 0.1) is 0 Å². The maximum Gasteiger partial charge on any atom is -0.0386 e. The van der Waals surface area contributed by atoms with E-state index < -0.39 is 0 Å². The van der Waals surface area contributed by atoms with Crippen LogP contribution in [0.4, 0.5) is 0 Å². The Balaban J connectivity index is 2.04. The van der Waals surface area contributed by atoms with E-state index in [0.717, 1.165) is 0 Å². The third-order valence-electron chi connectivity index (χ3n) is 1.57. The van der Waals surface area contributed by atoms with Crippen molar-refractivity contribution in [1.82, 2.24) is 0 Å². The summed E-state index contributed by atoms with van der Waals surface area (Å²) in [6.45, 7) is 0. The molecule has 1 aliphatic carbocycles. The molecule has 0 aromatic carbocycles. The second kappa shape index (κ2) is 3.06. The van der Waals surface area contributed by atoms with Crippen LogP contribution in [0.5, 0.6) is 0 Å². The summed E-state index contributed by atoms with van der Waals surface area (Å²) in [6, 6.07) is 0. The van der Waals surface area contributed by atoms with E-state index in [-0.39, 0.29) is 0 Å². The monoisotopic (exact) mass is 97.1 g/mol. The maximum atomic E-state index is 2.42. The molecule has 1 fully saturated rings. The molecule has 0 spiro atoms. The molecule has 0 atom stereocenters. The second-order valence-electron chi connectivity index (χ2n) is 2.28. The lowest BCUT2D eigenvalue weighted by molar-refractivity contribution is 0.702. The van der Waals surface area contributed by atoms with Gasteiger partial charge in [-0.25, -0.2) is 0 Å². The third kappa shape index (κ3) is 1.96. The zero-order chi connectivity index (χ0) is 4.95. The first-order valence-corrected chi connectivity index (χ1v) is 3.32. The largest absolute Gasteiger partial charge is 0.0533 e. The first kappa shape index (κ1) is 5.14. The molecule has 1 saturated carbocycles. The summed E-state index contributed by atoms with van der Waals surface area (Å²) in [6.07, 6.45) is 11.0. The molecule has 0 amide bonds. The van der Waals surface area contributed by atoms with Gasteiger partial charge in [-0.3, -0.25) is 0 Å². The molecular weight excluding hydrogens is 84.1 g/mol. The van der Waals surface area contributed by atoms with Crippen molar-refractivity contribution >= 4 is 0 Å². The highest BCUT2D eigenvalue weighted by Gasteiger charge is 1.95. The summed E-state index contributed by atoms with van der Waals surface area (Å²) in [5, 5.41) is 0. The first-order chi connectivity index (χ1) is 3.50. The van der Waals surface area contributed by atoms with Gasteiger partial charge in [-0.2, -0.15) is 0 Å². The lowest BCUT2D eigenvalue weighted by Crippen LogP contribution is -1.68. The Morgan fingerprint density at radius 1 is 0.714 bits per heavy atom. The quantitative estimate of drug-likeness (QED) is 0.407. The van der Waals surface area contributed by atoms with E-state index in [2.05, 4.69) is 6.42 Å². The van der Waals surface area contributed by atoms with E-state index in [4.69, 9.17) is 0 Å². The highest BCUT2D eigenvalue weighted by Crippen LogP contribution is 2.14. The van der Waals surface area contributed by atoms with Crippen LogP contribution in [0.2, 0.25) is 0 Å². The van der Waals surface area contributed by atoms with Crippen molar-refractivity contribution in [2.24, 2.45) is 0 Å². The van der Waals surface area contributed by atoms with Gasteiger partial charge in [0.2, 0.25) is 0 Å². The molecule has 0 aliphatic heterocycles. The van der Waals surface area contributed by atoms with Crippen molar-refractivity contribution < 1.29 is 0 Å². The van der Waals surface area contributed by atoms with E-state index in [1.165, 1.54) is 38.5 Å². The van der Waals surface area contributed by atoms with Crippen molar-refractivity contribution in [3.8, 4) is 0 Å². The molecule has 0 heteroatoms. The smallest absolute Gasteiger partial charge is 0.0386 e. The molecule has 0 unspecified atom stereocenters. The van der Waals surface area contributed by atoms with Crippen LogP contribution < -0.4 is 0 Å².